The summed E-state index contributed by atoms with van der Waals surface area (Å²) in [5.74, 6) is 3.13. The summed E-state index contributed by atoms with van der Waals surface area (Å²) in [7, 11) is 4.75. The van der Waals surface area contributed by atoms with Crippen molar-refractivity contribution in [2.24, 2.45) is 59.2 Å². The first-order valence-electron chi connectivity index (χ1n) is 43.5. The van der Waals surface area contributed by atoms with Gasteiger partial charge in [-0.3, -0.25) is 47.9 Å². The number of ether oxygens (including phenoxy) is 8. The van der Waals surface area contributed by atoms with Crippen molar-refractivity contribution in [3.05, 3.63) is 160 Å². The molecule has 0 bridgehead atoms. The highest BCUT2D eigenvalue weighted by molar-refractivity contribution is 5.97. The standard InChI is InChI=1S/C20H30N2O4.2C19H25N3O3.2C19H28N2O4/c1-11-7-16(9-17(8-11)25-6)20(24)21-10-18-12(2)13(3)19(14(4)26-18)22-15(5)23;1-11-12(2)18(22-14(4)23)13(3)25-17(11)10-21-19(24)16-7-5-15(9-20)6-8-16;1-11-12(2)18(22-14(4)23)13(3)25-17(11)10-21-19(24)16-7-5-6-15(8-16)9-20;1-11-12(2)18(21-14(4)22)13(3)25-17(11)10-20-19(23)15-6-8-16(24-5)9-7-15;1-11-12(2)18(21-14(4)22)13(3)25-17(11)10-20-19(23)15-7-6-8-16(9-15)24-5/h7-9,12-14,18-19H,10H2,1-6H3,(H,21,24)(H,22,23);2*5-8,11-13,17-18H,10H2,1-4H3,(H,21,24)(H,22,23);2*6-9,11-13,17-18H,10H2,1-5H3,(H,20,23)(H,21,22). The molecule has 10 amide bonds. The summed E-state index contributed by atoms with van der Waals surface area (Å²) in [6, 6.07) is 36.5. The molecule has 5 aliphatic heterocycles. The molecule has 0 spiro atoms. The van der Waals surface area contributed by atoms with Gasteiger partial charge in [0.25, 0.3) is 29.5 Å². The predicted octanol–water partition coefficient (Wildman–Crippen LogP) is 9.98. The van der Waals surface area contributed by atoms with Crippen molar-refractivity contribution in [1.82, 2.24) is 53.2 Å². The number of methoxy groups -OCH3 is 3. The Hall–Kier alpha value is -11.0. The van der Waals surface area contributed by atoms with Gasteiger partial charge in [0.1, 0.15) is 17.2 Å². The average Bonchev–Trinajstić information content (AvgIpc) is 0.826. The summed E-state index contributed by atoms with van der Waals surface area (Å²) >= 11 is 0. The molecule has 30 nitrogen and oxygen atoms in total. The first-order chi connectivity index (χ1) is 59.5. The number of benzene rings is 5. The minimum Gasteiger partial charge on any atom is -0.497 e. The number of rotatable bonds is 23. The molecule has 0 aromatic heterocycles. The largest absolute Gasteiger partial charge is 0.497 e. The lowest BCUT2D eigenvalue weighted by molar-refractivity contribution is -0.132. The van der Waals surface area contributed by atoms with E-state index < -0.39 is 0 Å². The number of hydrogen-bond acceptors (Lipinski definition) is 20. The van der Waals surface area contributed by atoms with Gasteiger partial charge in [0.15, 0.2) is 0 Å². The zero-order valence-corrected chi connectivity index (χ0v) is 77.7. The molecule has 126 heavy (non-hydrogen) atoms. The number of carbonyl (C=O) groups is 10. The van der Waals surface area contributed by atoms with Gasteiger partial charge in [-0.25, -0.2) is 0 Å². The molecule has 0 saturated carbocycles. The fourth-order valence-corrected chi connectivity index (χ4v) is 16.9. The van der Waals surface area contributed by atoms with Crippen LogP contribution in [0.3, 0.4) is 0 Å². The van der Waals surface area contributed by atoms with E-state index >= 15 is 0 Å². The molecule has 10 rings (SSSR count). The maximum absolute atomic E-state index is 12.5. The average molecular weight is 1750 g/mol. The molecule has 688 valence electrons. The van der Waals surface area contributed by atoms with E-state index in [1.54, 1.807) is 124 Å². The lowest BCUT2D eigenvalue weighted by Crippen LogP contribution is -2.57. The predicted molar refractivity (Wildman–Crippen MR) is 479 cm³/mol. The maximum Gasteiger partial charge on any atom is 0.251 e. The van der Waals surface area contributed by atoms with Gasteiger partial charge >= 0.3 is 0 Å². The van der Waals surface area contributed by atoms with Crippen molar-refractivity contribution in [3.8, 4) is 29.4 Å². The Kier molecular flexibility index (Phi) is 41.0. The van der Waals surface area contributed by atoms with E-state index in [0.717, 1.165) is 5.56 Å². The lowest BCUT2D eigenvalue weighted by Gasteiger charge is -2.44. The number of aryl methyl sites for hydroxylation is 1. The van der Waals surface area contributed by atoms with Gasteiger partial charge in [-0.1, -0.05) is 81.4 Å². The van der Waals surface area contributed by atoms with Crippen LogP contribution in [-0.2, 0) is 47.7 Å². The second kappa shape index (κ2) is 49.8. The third-order valence-electron chi connectivity index (χ3n) is 25.3. The van der Waals surface area contributed by atoms with Crippen LogP contribution in [0, 0.1) is 88.8 Å². The number of nitrogens with zero attached hydrogens (tertiary/aromatic N) is 2. The van der Waals surface area contributed by atoms with E-state index in [2.05, 4.69) is 122 Å². The Balaban J connectivity index is 0.000000243. The molecule has 5 aromatic rings. The number of hydrogen-bond donors (Lipinski definition) is 10. The van der Waals surface area contributed by atoms with Gasteiger partial charge in [0.2, 0.25) is 29.5 Å². The molecule has 25 atom stereocenters. The molecule has 5 heterocycles. The fraction of sp³-hybridized carbons (Fsp3) is 0.562. The summed E-state index contributed by atoms with van der Waals surface area (Å²) in [4.78, 5) is 119. The van der Waals surface area contributed by atoms with Crippen LogP contribution in [0.4, 0.5) is 0 Å². The highest BCUT2D eigenvalue weighted by Crippen LogP contribution is 2.36. The molecule has 5 saturated heterocycles. The zero-order chi connectivity index (χ0) is 93.7. The number of carbonyl (C=O) groups excluding carboxylic acids is 10. The van der Waals surface area contributed by atoms with Gasteiger partial charge in [-0.15, -0.1) is 0 Å². The lowest BCUT2D eigenvalue weighted by atomic mass is 9.80. The quantitative estimate of drug-likeness (QED) is 0.0290. The van der Waals surface area contributed by atoms with Crippen molar-refractivity contribution in [2.45, 2.75) is 237 Å². The summed E-state index contributed by atoms with van der Waals surface area (Å²) in [5, 5.41) is 47.2. The maximum atomic E-state index is 12.5. The number of amides is 10. The highest BCUT2D eigenvalue weighted by Gasteiger charge is 2.45. The highest BCUT2D eigenvalue weighted by atomic mass is 16.5. The van der Waals surface area contributed by atoms with Gasteiger partial charge in [-0.2, -0.15) is 10.5 Å². The van der Waals surface area contributed by atoms with Crippen molar-refractivity contribution in [1.29, 1.82) is 10.5 Å². The smallest absolute Gasteiger partial charge is 0.251 e. The molecule has 0 radical (unpaired) electrons. The molecule has 10 N–H and O–H groups in total. The monoisotopic (exact) mass is 1750 g/mol. The van der Waals surface area contributed by atoms with Crippen LogP contribution in [0.5, 0.6) is 17.2 Å². The first-order valence-corrected chi connectivity index (χ1v) is 43.5. The SMILES string of the molecule is CC(=O)NC1C(C)OC(CNC(=O)c2ccc(C#N)cc2)C(C)C1C.CC(=O)NC1C(C)OC(CNC(=O)c2cccc(C#N)c2)C(C)C1C.COc1cc(C)cc(C(=O)NCC2OC(C)C(NC(C)=O)C(C)C2C)c1.COc1ccc(C(=O)NCC2OC(C)C(NC(C)=O)C(C)C2C)cc1.COc1cccc(C(=O)NCC2OC(C)C(NC(C)=O)C(C)C2C)c1. The van der Waals surface area contributed by atoms with Crippen LogP contribution in [0.15, 0.2) is 115 Å². The molecule has 30 heteroatoms. The van der Waals surface area contributed by atoms with Crippen LogP contribution >= 0.6 is 0 Å². The van der Waals surface area contributed by atoms with Crippen LogP contribution in [0.1, 0.15) is 207 Å². The van der Waals surface area contributed by atoms with Crippen LogP contribution in [0.25, 0.3) is 0 Å². The van der Waals surface area contributed by atoms with Gasteiger partial charge in [0.05, 0.1) is 136 Å². The number of nitriles is 2. The van der Waals surface area contributed by atoms with Crippen LogP contribution in [0.2, 0.25) is 0 Å². The third-order valence-corrected chi connectivity index (χ3v) is 25.3. The van der Waals surface area contributed by atoms with E-state index in [-0.39, 0.29) is 209 Å². The van der Waals surface area contributed by atoms with E-state index in [1.165, 1.54) is 34.6 Å². The van der Waals surface area contributed by atoms with Gasteiger partial charge in [0, 0.05) is 95.2 Å². The van der Waals surface area contributed by atoms with E-state index in [1.807, 2.05) is 65.8 Å². The summed E-state index contributed by atoms with van der Waals surface area (Å²) < 4.78 is 45.7. The molecule has 25 unspecified atom stereocenters. The van der Waals surface area contributed by atoms with Crippen molar-refractivity contribution >= 4 is 59.1 Å². The third kappa shape index (κ3) is 30.4. The minimum atomic E-state index is -0.225. The topological polar surface area (TPSA) is 412 Å². The van der Waals surface area contributed by atoms with E-state index in [9.17, 15) is 47.9 Å². The van der Waals surface area contributed by atoms with Gasteiger partial charge in [-0.05, 0) is 209 Å². The molecular formula is C96H136N12O18. The molecule has 0 aliphatic carbocycles. The molecular weight excluding hydrogens is 1610 g/mol. The minimum absolute atomic E-state index is 0.0129. The van der Waals surface area contributed by atoms with Crippen LogP contribution in [-0.4, -0.2) is 204 Å². The Labute approximate surface area is 744 Å². The summed E-state index contributed by atoms with van der Waals surface area (Å²) in [6.45, 7) is 42.3. The number of nitrogens with one attached hydrogen (secondary N) is 10. The van der Waals surface area contributed by atoms with Gasteiger partial charge < -0.3 is 91.1 Å². The molecule has 5 aromatic carbocycles. The van der Waals surface area contributed by atoms with Crippen LogP contribution < -0.4 is 67.4 Å². The second-order valence-corrected chi connectivity index (χ2v) is 34.3. The Morgan fingerprint density at radius 1 is 0.294 bits per heavy atom. The Morgan fingerprint density at radius 3 is 0.841 bits per heavy atom. The van der Waals surface area contributed by atoms with E-state index in [4.69, 9.17) is 48.4 Å². The second-order valence-electron chi connectivity index (χ2n) is 34.3. The van der Waals surface area contributed by atoms with Crippen molar-refractivity contribution in [3.63, 3.8) is 0 Å². The van der Waals surface area contributed by atoms with E-state index in [0.29, 0.717) is 88.9 Å². The molecule has 5 aliphatic rings. The first kappa shape index (κ1) is 104. The molecule has 5 fully saturated rings. The summed E-state index contributed by atoms with van der Waals surface area (Å²) in [6.07, 6.45) is -1.07. The zero-order valence-electron chi connectivity index (χ0n) is 77.7. The van der Waals surface area contributed by atoms with Crippen molar-refractivity contribution in [2.75, 3.05) is 54.1 Å². The Morgan fingerprint density at radius 2 is 0.556 bits per heavy atom. The van der Waals surface area contributed by atoms with Crippen molar-refractivity contribution < 1.29 is 85.8 Å². The fourth-order valence-electron chi connectivity index (χ4n) is 16.9. The summed E-state index contributed by atoms with van der Waals surface area (Å²) in [5.41, 5.74) is 4.63. The Bertz CT molecular complexity index is 4540. The normalized spacial score (nSPS) is 28.7.